The fraction of sp³-hybridized carbons (Fsp3) is 0.235. The van der Waals surface area contributed by atoms with Crippen LogP contribution in [0.4, 0.5) is 29.3 Å². The molecule has 1 aromatic carbocycles. The minimum atomic E-state index is -4.65. The largest absolute Gasteiger partial charge is 0.417 e. The van der Waals surface area contributed by atoms with E-state index in [1.54, 1.807) is 13.0 Å². The second-order valence-corrected chi connectivity index (χ2v) is 5.97. The molecule has 0 saturated carbocycles. The molecule has 10 heteroatoms. The Kier molecular flexibility index (Phi) is 4.64. The van der Waals surface area contributed by atoms with E-state index in [0.717, 1.165) is 0 Å². The highest BCUT2D eigenvalue weighted by molar-refractivity contribution is 6.05. The van der Waals surface area contributed by atoms with Gasteiger partial charge in [0.2, 0.25) is 0 Å². The average Bonchev–Trinajstić information content (AvgIpc) is 3.01. The van der Waals surface area contributed by atoms with Crippen molar-refractivity contribution in [3.8, 4) is 0 Å². The van der Waals surface area contributed by atoms with Crippen molar-refractivity contribution in [3.05, 3.63) is 57.5 Å². The molecule has 0 spiro atoms. The van der Waals surface area contributed by atoms with Crippen LogP contribution < -0.4 is 21.1 Å². The van der Waals surface area contributed by atoms with E-state index in [1.165, 1.54) is 17.0 Å². The molecular formula is C17H15F3N4O3. The first-order chi connectivity index (χ1) is 12.7. The third-order valence-corrected chi connectivity index (χ3v) is 4.09. The van der Waals surface area contributed by atoms with E-state index in [2.05, 4.69) is 10.6 Å². The summed E-state index contributed by atoms with van der Waals surface area (Å²) >= 11 is 0. The van der Waals surface area contributed by atoms with E-state index in [4.69, 9.17) is 0 Å². The highest BCUT2D eigenvalue weighted by Gasteiger charge is 2.31. The summed E-state index contributed by atoms with van der Waals surface area (Å²) in [6.07, 6.45) is -4.11. The predicted molar refractivity (Wildman–Crippen MR) is 91.9 cm³/mol. The molecule has 2 aromatic rings. The van der Waals surface area contributed by atoms with Gasteiger partial charge in [0.1, 0.15) is 5.69 Å². The van der Waals surface area contributed by atoms with E-state index in [-0.39, 0.29) is 11.6 Å². The van der Waals surface area contributed by atoms with Gasteiger partial charge < -0.3 is 15.6 Å². The Balaban J connectivity index is 1.84. The maximum absolute atomic E-state index is 12.8. The standard InChI is InChI=1S/C17H15F3N4O3/c1-9-6-10(2-3-13(9)24-5-4-21-16(24)27)14(25)23-12-7-11(17(18,19)20)8-22-15(12)26/h2-3,6-8H,4-5H2,1H3,(H,21,27)(H,22,26)(H,23,25). The second-order valence-electron chi connectivity index (χ2n) is 5.97. The number of anilines is 2. The van der Waals surface area contributed by atoms with Crippen LogP contribution in [0.15, 0.2) is 35.3 Å². The van der Waals surface area contributed by atoms with Crippen LogP contribution in [0, 0.1) is 6.92 Å². The highest BCUT2D eigenvalue weighted by Crippen LogP contribution is 2.29. The Morgan fingerprint density at radius 3 is 2.56 bits per heavy atom. The van der Waals surface area contributed by atoms with Crippen molar-refractivity contribution in [1.82, 2.24) is 10.3 Å². The number of nitrogens with one attached hydrogen (secondary N) is 3. The van der Waals surface area contributed by atoms with Crippen LogP contribution in [0.3, 0.4) is 0 Å². The molecule has 2 heterocycles. The Bertz CT molecular complexity index is 969. The topological polar surface area (TPSA) is 94.3 Å². The Labute approximate surface area is 151 Å². The molecule has 1 aromatic heterocycles. The number of aryl methyl sites for hydroxylation is 1. The van der Waals surface area contributed by atoms with Crippen LogP contribution in [0.25, 0.3) is 0 Å². The maximum Gasteiger partial charge on any atom is 0.417 e. The van der Waals surface area contributed by atoms with Crippen molar-refractivity contribution in [2.24, 2.45) is 0 Å². The minimum Gasteiger partial charge on any atom is -0.336 e. The van der Waals surface area contributed by atoms with E-state index < -0.39 is 28.9 Å². The number of urea groups is 1. The van der Waals surface area contributed by atoms with Gasteiger partial charge in [-0.3, -0.25) is 14.5 Å². The number of rotatable bonds is 3. The van der Waals surface area contributed by atoms with Gasteiger partial charge in [0.15, 0.2) is 0 Å². The minimum absolute atomic E-state index is 0.146. The van der Waals surface area contributed by atoms with Gasteiger partial charge in [-0.2, -0.15) is 13.2 Å². The first-order valence-electron chi connectivity index (χ1n) is 7.94. The number of halogens is 3. The van der Waals surface area contributed by atoms with Gasteiger partial charge in [-0.1, -0.05) is 0 Å². The van der Waals surface area contributed by atoms with Crippen LogP contribution in [0.2, 0.25) is 0 Å². The number of pyridine rings is 1. The number of H-pyrrole nitrogens is 1. The van der Waals surface area contributed by atoms with Gasteiger partial charge in [-0.25, -0.2) is 4.79 Å². The van der Waals surface area contributed by atoms with Crippen molar-refractivity contribution in [3.63, 3.8) is 0 Å². The van der Waals surface area contributed by atoms with Gasteiger partial charge in [0.05, 0.1) is 5.56 Å². The second kappa shape index (κ2) is 6.78. The first kappa shape index (κ1) is 18.5. The van der Waals surface area contributed by atoms with Crippen LogP contribution in [0.5, 0.6) is 0 Å². The lowest BCUT2D eigenvalue weighted by molar-refractivity contribution is -0.137. The number of carbonyl (C=O) groups is 2. The zero-order valence-corrected chi connectivity index (χ0v) is 14.1. The average molecular weight is 380 g/mol. The third-order valence-electron chi connectivity index (χ3n) is 4.09. The quantitative estimate of drug-likeness (QED) is 0.764. The number of amides is 3. The van der Waals surface area contributed by atoms with Gasteiger partial charge >= 0.3 is 12.2 Å². The number of nitrogens with zero attached hydrogens (tertiary/aromatic N) is 1. The summed E-state index contributed by atoms with van der Waals surface area (Å²) in [6.45, 7) is 2.71. The molecule has 1 aliphatic heterocycles. The van der Waals surface area contributed by atoms with E-state index in [0.29, 0.717) is 36.6 Å². The van der Waals surface area contributed by atoms with Gasteiger partial charge in [-0.05, 0) is 36.8 Å². The molecule has 1 saturated heterocycles. The van der Waals surface area contributed by atoms with E-state index in [9.17, 15) is 27.6 Å². The Morgan fingerprint density at radius 1 is 1.22 bits per heavy atom. The lowest BCUT2D eigenvalue weighted by Gasteiger charge is -2.17. The SMILES string of the molecule is Cc1cc(C(=O)Nc2cc(C(F)(F)F)c[nH]c2=O)ccc1N1CCNC1=O. The summed E-state index contributed by atoms with van der Waals surface area (Å²) in [5.74, 6) is -0.736. The van der Waals surface area contributed by atoms with Crippen molar-refractivity contribution in [1.29, 1.82) is 0 Å². The van der Waals surface area contributed by atoms with Crippen LogP contribution in [-0.2, 0) is 6.18 Å². The third kappa shape index (κ3) is 3.78. The zero-order chi connectivity index (χ0) is 19.8. The van der Waals surface area contributed by atoms with Gasteiger partial charge in [0, 0.05) is 30.5 Å². The molecule has 0 unspecified atom stereocenters. The fourth-order valence-electron chi connectivity index (χ4n) is 2.74. The summed E-state index contributed by atoms with van der Waals surface area (Å²) in [5.41, 5.74) is -1.03. The van der Waals surface area contributed by atoms with Crippen molar-refractivity contribution < 1.29 is 22.8 Å². The maximum atomic E-state index is 12.8. The molecule has 1 fully saturated rings. The number of aromatic amines is 1. The summed E-state index contributed by atoms with van der Waals surface area (Å²) in [5, 5.41) is 4.86. The van der Waals surface area contributed by atoms with Gasteiger partial charge in [0.25, 0.3) is 11.5 Å². The molecule has 0 atom stereocenters. The smallest absolute Gasteiger partial charge is 0.336 e. The molecule has 3 N–H and O–H groups in total. The molecule has 0 bridgehead atoms. The van der Waals surface area contributed by atoms with Crippen molar-refractivity contribution in [2.45, 2.75) is 13.1 Å². The van der Waals surface area contributed by atoms with Crippen LogP contribution in [0.1, 0.15) is 21.5 Å². The molecular weight excluding hydrogens is 365 g/mol. The number of carbonyl (C=O) groups excluding carboxylic acids is 2. The molecule has 142 valence electrons. The summed E-state index contributed by atoms with van der Waals surface area (Å²) < 4.78 is 38.3. The number of alkyl halides is 3. The molecule has 0 aliphatic carbocycles. The molecule has 3 amide bonds. The van der Waals surface area contributed by atoms with Gasteiger partial charge in [-0.15, -0.1) is 0 Å². The summed E-state index contributed by atoms with van der Waals surface area (Å²) in [4.78, 5) is 39.3. The highest BCUT2D eigenvalue weighted by atomic mass is 19.4. The number of hydrogen-bond donors (Lipinski definition) is 3. The lowest BCUT2D eigenvalue weighted by Crippen LogP contribution is -2.28. The molecule has 0 radical (unpaired) electrons. The number of benzene rings is 1. The van der Waals surface area contributed by atoms with Crippen LogP contribution in [-0.4, -0.2) is 30.0 Å². The predicted octanol–water partition coefficient (Wildman–Crippen LogP) is 2.48. The number of aromatic nitrogens is 1. The van der Waals surface area contributed by atoms with Crippen molar-refractivity contribution in [2.75, 3.05) is 23.3 Å². The first-order valence-corrected chi connectivity index (χ1v) is 7.94. The summed E-state index contributed by atoms with van der Waals surface area (Å²) in [7, 11) is 0. The number of hydrogen-bond acceptors (Lipinski definition) is 3. The van der Waals surface area contributed by atoms with Crippen LogP contribution >= 0.6 is 0 Å². The van der Waals surface area contributed by atoms with Crippen molar-refractivity contribution >= 4 is 23.3 Å². The Morgan fingerprint density at radius 2 is 1.96 bits per heavy atom. The van der Waals surface area contributed by atoms with E-state index in [1.807, 2.05) is 4.98 Å². The Hall–Kier alpha value is -3.30. The molecule has 3 rings (SSSR count). The van der Waals surface area contributed by atoms with E-state index >= 15 is 0 Å². The monoisotopic (exact) mass is 380 g/mol. The fourth-order valence-corrected chi connectivity index (χ4v) is 2.74. The normalized spacial score (nSPS) is 14.2. The summed E-state index contributed by atoms with van der Waals surface area (Å²) in [6, 6.07) is 4.84. The zero-order valence-electron chi connectivity index (χ0n) is 14.1. The molecule has 27 heavy (non-hydrogen) atoms. The molecule has 1 aliphatic rings. The molecule has 7 nitrogen and oxygen atoms in total. The lowest BCUT2D eigenvalue weighted by atomic mass is 10.1.